The maximum atomic E-state index is 12.1. The second-order valence-corrected chi connectivity index (χ2v) is 9.03. The van der Waals surface area contributed by atoms with Crippen LogP contribution in [0.2, 0.25) is 0 Å². The van der Waals surface area contributed by atoms with Crippen LogP contribution < -0.4 is 4.74 Å². The lowest BCUT2D eigenvalue weighted by Gasteiger charge is -2.07. The van der Waals surface area contributed by atoms with Gasteiger partial charge in [0.15, 0.2) is 11.5 Å². The van der Waals surface area contributed by atoms with Gasteiger partial charge in [-0.3, -0.25) is 0 Å². The molecule has 0 saturated heterocycles. The summed E-state index contributed by atoms with van der Waals surface area (Å²) in [5.41, 5.74) is 3.34. The summed E-state index contributed by atoms with van der Waals surface area (Å²) in [5, 5.41) is 5.41. The third-order valence-corrected chi connectivity index (χ3v) is 6.75. The molecule has 0 bridgehead atoms. The minimum atomic E-state index is -0.373. The summed E-state index contributed by atoms with van der Waals surface area (Å²) in [6, 6.07) is 15.7. The summed E-state index contributed by atoms with van der Waals surface area (Å²) >= 11 is 4.72. The number of carbonyl (C=O) groups excluding carboxylic acids is 1. The van der Waals surface area contributed by atoms with E-state index >= 15 is 0 Å². The Labute approximate surface area is 195 Å². The van der Waals surface area contributed by atoms with Crippen molar-refractivity contribution in [2.45, 2.75) is 13.5 Å². The van der Waals surface area contributed by atoms with Crippen molar-refractivity contribution in [3.63, 3.8) is 0 Å². The highest BCUT2D eigenvalue weighted by molar-refractivity contribution is 9.10. The van der Waals surface area contributed by atoms with Crippen LogP contribution in [0.1, 0.15) is 20.8 Å². The van der Waals surface area contributed by atoms with E-state index in [9.17, 15) is 4.79 Å². The Balaban J connectivity index is 1.48. The van der Waals surface area contributed by atoms with Crippen LogP contribution in [-0.4, -0.2) is 32.7 Å². The minimum Gasteiger partial charge on any atom is -0.489 e. The number of hydrogen-bond acceptors (Lipinski definition) is 7. The van der Waals surface area contributed by atoms with Crippen molar-refractivity contribution in [1.29, 1.82) is 0 Å². The second kappa shape index (κ2) is 8.33. The van der Waals surface area contributed by atoms with Gasteiger partial charge in [0.1, 0.15) is 28.4 Å². The predicted molar refractivity (Wildman–Crippen MR) is 126 cm³/mol. The fourth-order valence-corrected chi connectivity index (χ4v) is 4.77. The highest BCUT2D eigenvalue weighted by Crippen LogP contribution is 2.33. The summed E-state index contributed by atoms with van der Waals surface area (Å²) < 4.78 is 13.4. The van der Waals surface area contributed by atoms with E-state index in [-0.39, 0.29) is 5.97 Å². The molecular formula is C23H17BrN4O3S. The number of esters is 1. The average Bonchev–Trinajstić information content (AvgIpc) is 3.39. The standard InChI is InChI=1S/C23H17BrN4O3S/c1-13-18-21-26-20(27-28(21)12-25-22(18)32-19(13)23(29)30-2)15-5-3-4-14(10-15)11-31-17-8-6-16(24)7-9-17/h3-10,12H,11H2,1-2H3. The van der Waals surface area contributed by atoms with E-state index in [0.29, 0.717) is 23.0 Å². The molecule has 3 heterocycles. The van der Waals surface area contributed by atoms with E-state index in [1.165, 1.54) is 18.4 Å². The maximum absolute atomic E-state index is 12.1. The number of thiophene rings is 1. The summed E-state index contributed by atoms with van der Waals surface area (Å²) in [5.74, 6) is 1.00. The number of halogens is 1. The topological polar surface area (TPSA) is 78.6 Å². The molecule has 9 heteroatoms. The highest BCUT2D eigenvalue weighted by Gasteiger charge is 2.21. The summed E-state index contributed by atoms with van der Waals surface area (Å²) in [6.07, 6.45) is 1.62. The van der Waals surface area contributed by atoms with Crippen LogP contribution >= 0.6 is 27.3 Å². The number of nitrogens with zero attached hydrogens (tertiary/aromatic N) is 4. The van der Waals surface area contributed by atoms with Gasteiger partial charge in [-0.05, 0) is 48.4 Å². The van der Waals surface area contributed by atoms with Crippen molar-refractivity contribution in [2.75, 3.05) is 7.11 Å². The molecule has 0 radical (unpaired) electrons. The molecule has 0 spiro atoms. The van der Waals surface area contributed by atoms with E-state index in [0.717, 1.165) is 37.1 Å². The Bertz CT molecular complexity index is 1460. The van der Waals surface area contributed by atoms with Crippen LogP contribution in [0.15, 0.2) is 59.3 Å². The number of carbonyl (C=O) groups is 1. The molecule has 0 atom stereocenters. The predicted octanol–water partition coefficient (Wildman–Crippen LogP) is 5.44. The fraction of sp³-hybridized carbons (Fsp3) is 0.130. The highest BCUT2D eigenvalue weighted by atomic mass is 79.9. The van der Waals surface area contributed by atoms with Gasteiger partial charge in [0, 0.05) is 10.0 Å². The van der Waals surface area contributed by atoms with Crippen molar-refractivity contribution >= 4 is 49.1 Å². The normalized spacial score (nSPS) is 11.2. The Kier molecular flexibility index (Phi) is 5.36. The molecule has 0 aliphatic heterocycles. The maximum Gasteiger partial charge on any atom is 0.348 e. The molecule has 0 amide bonds. The Morgan fingerprint density at radius 2 is 2.00 bits per heavy atom. The Hall–Kier alpha value is -3.30. The van der Waals surface area contributed by atoms with Gasteiger partial charge in [0.25, 0.3) is 0 Å². The van der Waals surface area contributed by atoms with E-state index in [1.807, 2.05) is 55.5 Å². The summed E-state index contributed by atoms with van der Waals surface area (Å²) in [7, 11) is 1.37. The molecule has 5 rings (SSSR count). The van der Waals surface area contributed by atoms with E-state index < -0.39 is 0 Å². The van der Waals surface area contributed by atoms with Gasteiger partial charge in [0.05, 0.1) is 12.5 Å². The molecule has 2 aromatic carbocycles. The first-order chi connectivity index (χ1) is 15.5. The summed E-state index contributed by atoms with van der Waals surface area (Å²) in [4.78, 5) is 22.6. The lowest BCUT2D eigenvalue weighted by molar-refractivity contribution is 0.0605. The number of aryl methyl sites for hydroxylation is 1. The molecule has 32 heavy (non-hydrogen) atoms. The summed E-state index contributed by atoms with van der Waals surface area (Å²) in [6.45, 7) is 2.31. The number of aromatic nitrogens is 4. The first-order valence-electron chi connectivity index (χ1n) is 9.74. The van der Waals surface area contributed by atoms with Crippen molar-refractivity contribution in [3.05, 3.63) is 75.3 Å². The van der Waals surface area contributed by atoms with Crippen molar-refractivity contribution in [1.82, 2.24) is 19.6 Å². The molecule has 0 aliphatic carbocycles. The van der Waals surface area contributed by atoms with Gasteiger partial charge in [0.2, 0.25) is 0 Å². The monoisotopic (exact) mass is 508 g/mol. The molecule has 7 nitrogen and oxygen atoms in total. The van der Waals surface area contributed by atoms with Gasteiger partial charge in [-0.2, -0.15) is 0 Å². The van der Waals surface area contributed by atoms with Crippen molar-refractivity contribution in [2.24, 2.45) is 0 Å². The molecule has 0 unspecified atom stereocenters. The molecular weight excluding hydrogens is 492 g/mol. The zero-order chi connectivity index (χ0) is 22.2. The first-order valence-corrected chi connectivity index (χ1v) is 11.3. The smallest absolute Gasteiger partial charge is 0.348 e. The van der Waals surface area contributed by atoms with E-state index in [1.54, 1.807) is 10.8 Å². The average molecular weight is 509 g/mol. The molecule has 3 aromatic heterocycles. The number of benzene rings is 2. The van der Waals surface area contributed by atoms with Gasteiger partial charge < -0.3 is 9.47 Å². The van der Waals surface area contributed by atoms with Crippen LogP contribution in [-0.2, 0) is 11.3 Å². The van der Waals surface area contributed by atoms with Crippen LogP contribution in [0, 0.1) is 6.92 Å². The fourth-order valence-electron chi connectivity index (χ4n) is 3.44. The number of methoxy groups -OCH3 is 1. The van der Waals surface area contributed by atoms with Gasteiger partial charge >= 0.3 is 5.97 Å². The lowest BCUT2D eigenvalue weighted by Crippen LogP contribution is -1.99. The Morgan fingerprint density at radius 1 is 1.19 bits per heavy atom. The molecule has 0 fully saturated rings. The first kappa shape index (κ1) is 20.6. The molecule has 5 aromatic rings. The third kappa shape index (κ3) is 3.74. The quantitative estimate of drug-likeness (QED) is 0.294. The molecule has 0 aliphatic rings. The van der Waals surface area contributed by atoms with Crippen LogP contribution in [0.3, 0.4) is 0 Å². The minimum absolute atomic E-state index is 0.373. The SMILES string of the molecule is COC(=O)c1sc2ncn3nc(-c4cccc(COc5ccc(Br)cc5)c4)nc3c2c1C. The van der Waals surface area contributed by atoms with Gasteiger partial charge in [-0.25, -0.2) is 19.3 Å². The number of rotatable bonds is 5. The molecule has 160 valence electrons. The largest absolute Gasteiger partial charge is 0.489 e. The number of hydrogen-bond donors (Lipinski definition) is 0. The third-order valence-electron chi connectivity index (χ3n) is 5.04. The zero-order valence-electron chi connectivity index (χ0n) is 17.2. The van der Waals surface area contributed by atoms with Gasteiger partial charge in [-0.1, -0.05) is 34.1 Å². The van der Waals surface area contributed by atoms with E-state index in [2.05, 4.69) is 26.0 Å². The van der Waals surface area contributed by atoms with Crippen LogP contribution in [0.5, 0.6) is 5.75 Å². The van der Waals surface area contributed by atoms with E-state index in [4.69, 9.17) is 14.5 Å². The number of ether oxygens (including phenoxy) is 2. The molecule has 0 saturated carbocycles. The van der Waals surface area contributed by atoms with Crippen molar-refractivity contribution < 1.29 is 14.3 Å². The second-order valence-electron chi connectivity index (χ2n) is 7.12. The number of fused-ring (bicyclic) bond motifs is 3. The Morgan fingerprint density at radius 3 is 2.78 bits per heavy atom. The van der Waals surface area contributed by atoms with Gasteiger partial charge in [-0.15, -0.1) is 16.4 Å². The lowest BCUT2D eigenvalue weighted by atomic mass is 10.1. The van der Waals surface area contributed by atoms with Crippen LogP contribution in [0.25, 0.3) is 27.3 Å². The zero-order valence-corrected chi connectivity index (χ0v) is 19.6. The van der Waals surface area contributed by atoms with Crippen molar-refractivity contribution in [3.8, 4) is 17.1 Å². The van der Waals surface area contributed by atoms with Crippen LogP contribution in [0.4, 0.5) is 0 Å². The molecule has 0 N–H and O–H groups in total.